The van der Waals surface area contributed by atoms with Crippen molar-refractivity contribution in [3.8, 4) is 0 Å². The normalized spacial score (nSPS) is 43.3. The molecule has 12 heavy (non-hydrogen) atoms. The summed E-state index contributed by atoms with van der Waals surface area (Å²) in [5.41, 5.74) is 3.97. The first kappa shape index (κ1) is 5.80. The van der Waals surface area contributed by atoms with Crippen LogP contribution in [0.3, 0.4) is 0 Å². The first-order valence-electron chi connectivity index (χ1n) is 5.01. The number of fused-ring (bicyclic) bond motifs is 5. The first-order valence-corrected chi connectivity index (χ1v) is 5.01. The smallest absolute Gasteiger partial charge is 0.00740 e. The molecule has 4 aliphatic carbocycles. The maximum Gasteiger partial charge on any atom is 0.00740 e. The average molecular weight is 156 g/mol. The molecule has 0 radical (unpaired) electrons. The van der Waals surface area contributed by atoms with Gasteiger partial charge in [0, 0.05) is 17.3 Å². The van der Waals surface area contributed by atoms with Crippen LogP contribution in [0.2, 0.25) is 0 Å². The zero-order chi connectivity index (χ0) is 7.76. The highest BCUT2D eigenvalue weighted by molar-refractivity contribution is 5.56. The van der Waals surface area contributed by atoms with Gasteiger partial charge in [0.1, 0.15) is 0 Å². The number of allylic oxidation sites excluding steroid dienone is 6. The minimum atomic E-state index is 0.577. The van der Waals surface area contributed by atoms with Crippen molar-refractivity contribution < 1.29 is 0 Å². The van der Waals surface area contributed by atoms with Crippen molar-refractivity contribution in [2.24, 2.45) is 17.3 Å². The molecule has 4 rings (SSSR count). The summed E-state index contributed by atoms with van der Waals surface area (Å²) in [6, 6.07) is 0. The van der Waals surface area contributed by atoms with E-state index in [0.29, 0.717) is 5.41 Å². The third-order valence-corrected chi connectivity index (χ3v) is 3.93. The molecule has 0 N–H and O–H groups in total. The molecule has 0 heterocycles. The first-order chi connectivity index (χ1) is 5.86. The van der Waals surface area contributed by atoms with Gasteiger partial charge < -0.3 is 0 Å². The van der Waals surface area contributed by atoms with Crippen molar-refractivity contribution in [1.82, 2.24) is 0 Å². The third kappa shape index (κ3) is 0.502. The standard InChI is InChI=1S/C12H12/c1-2-9-5-8(1)10-6-12(3-4-12)7-11(9)10/h1-2,6-9H,3-5H2/t8-,9+. The average Bonchev–Trinajstić information content (AvgIpc) is 2.47. The van der Waals surface area contributed by atoms with Crippen molar-refractivity contribution in [2.75, 3.05) is 0 Å². The van der Waals surface area contributed by atoms with E-state index in [-0.39, 0.29) is 0 Å². The van der Waals surface area contributed by atoms with Crippen molar-refractivity contribution in [3.05, 3.63) is 35.5 Å². The number of hydrogen-bond acceptors (Lipinski definition) is 0. The van der Waals surface area contributed by atoms with E-state index in [1.54, 1.807) is 11.1 Å². The summed E-state index contributed by atoms with van der Waals surface area (Å²) >= 11 is 0. The maximum atomic E-state index is 2.57. The van der Waals surface area contributed by atoms with E-state index in [1.165, 1.54) is 19.3 Å². The molecule has 0 unspecified atom stereocenters. The molecule has 4 aliphatic rings. The van der Waals surface area contributed by atoms with E-state index >= 15 is 0 Å². The van der Waals surface area contributed by atoms with Crippen LogP contribution in [0.25, 0.3) is 0 Å². The van der Waals surface area contributed by atoms with Crippen LogP contribution in [0.5, 0.6) is 0 Å². The van der Waals surface area contributed by atoms with Crippen LogP contribution in [0.15, 0.2) is 35.5 Å². The monoisotopic (exact) mass is 156 g/mol. The fourth-order valence-corrected chi connectivity index (χ4v) is 3.06. The Labute approximate surface area is 72.7 Å². The number of rotatable bonds is 0. The minimum Gasteiger partial charge on any atom is -0.0804 e. The van der Waals surface area contributed by atoms with Gasteiger partial charge in [0.2, 0.25) is 0 Å². The summed E-state index contributed by atoms with van der Waals surface area (Å²) in [7, 11) is 0. The zero-order valence-corrected chi connectivity index (χ0v) is 7.09. The quantitative estimate of drug-likeness (QED) is 0.473. The van der Waals surface area contributed by atoms with E-state index in [9.17, 15) is 0 Å². The Balaban J connectivity index is 1.95. The van der Waals surface area contributed by atoms with Crippen molar-refractivity contribution in [1.29, 1.82) is 0 Å². The second-order valence-corrected chi connectivity index (χ2v) is 4.77. The molecule has 0 aromatic rings. The van der Waals surface area contributed by atoms with Crippen LogP contribution in [0, 0.1) is 17.3 Å². The van der Waals surface area contributed by atoms with Gasteiger partial charge in [-0.05, 0) is 30.4 Å². The largest absolute Gasteiger partial charge is 0.0804 e. The van der Waals surface area contributed by atoms with Gasteiger partial charge in [-0.3, -0.25) is 0 Å². The molecule has 2 atom stereocenters. The van der Waals surface area contributed by atoms with Gasteiger partial charge in [-0.1, -0.05) is 24.3 Å². The second-order valence-electron chi connectivity index (χ2n) is 4.77. The van der Waals surface area contributed by atoms with Crippen LogP contribution < -0.4 is 0 Å². The molecule has 0 nitrogen and oxygen atoms in total. The molecular weight excluding hydrogens is 144 g/mol. The van der Waals surface area contributed by atoms with Crippen molar-refractivity contribution in [2.45, 2.75) is 19.3 Å². The molecule has 0 aromatic carbocycles. The van der Waals surface area contributed by atoms with Crippen molar-refractivity contribution in [3.63, 3.8) is 0 Å². The third-order valence-electron chi connectivity index (χ3n) is 3.93. The molecule has 60 valence electrons. The van der Waals surface area contributed by atoms with Crippen LogP contribution >= 0.6 is 0 Å². The van der Waals surface area contributed by atoms with E-state index in [1.807, 2.05) is 0 Å². The van der Waals surface area contributed by atoms with Gasteiger partial charge in [-0.2, -0.15) is 0 Å². The van der Waals surface area contributed by atoms with E-state index in [0.717, 1.165) is 11.8 Å². The molecule has 0 amide bonds. The predicted molar refractivity (Wildman–Crippen MR) is 48.6 cm³/mol. The molecular formula is C12H12. The Hall–Kier alpha value is -0.780. The second kappa shape index (κ2) is 1.48. The Kier molecular flexibility index (Phi) is 0.715. The summed E-state index contributed by atoms with van der Waals surface area (Å²) in [5, 5.41) is 0. The van der Waals surface area contributed by atoms with Crippen LogP contribution in [0.1, 0.15) is 19.3 Å². The molecule has 0 heteroatoms. The Morgan fingerprint density at radius 3 is 2.08 bits per heavy atom. The fraction of sp³-hybridized carbons (Fsp3) is 0.500. The summed E-state index contributed by atoms with van der Waals surface area (Å²) in [6.45, 7) is 0. The van der Waals surface area contributed by atoms with Gasteiger partial charge >= 0.3 is 0 Å². The summed E-state index contributed by atoms with van der Waals surface area (Å²) in [6.07, 6.45) is 14.2. The summed E-state index contributed by atoms with van der Waals surface area (Å²) < 4.78 is 0. The lowest BCUT2D eigenvalue weighted by molar-refractivity contribution is 0.715. The van der Waals surface area contributed by atoms with E-state index in [4.69, 9.17) is 0 Å². The lowest BCUT2D eigenvalue weighted by atomic mass is 9.98. The topological polar surface area (TPSA) is 0 Å². The van der Waals surface area contributed by atoms with Gasteiger partial charge in [0.15, 0.2) is 0 Å². The van der Waals surface area contributed by atoms with Crippen LogP contribution in [0.4, 0.5) is 0 Å². The van der Waals surface area contributed by atoms with Gasteiger partial charge in [0.05, 0.1) is 0 Å². The predicted octanol–water partition coefficient (Wildman–Crippen LogP) is 2.84. The molecule has 0 aromatic heterocycles. The SMILES string of the molecule is C1=C[C@H]2C[C@@H]1C1=CC3(C=C12)CC3. The molecule has 0 aliphatic heterocycles. The Bertz CT molecular complexity index is 320. The fourth-order valence-electron chi connectivity index (χ4n) is 3.06. The molecule has 0 saturated heterocycles. The van der Waals surface area contributed by atoms with Gasteiger partial charge in [-0.25, -0.2) is 0 Å². The minimum absolute atomic E-state index is 0.577. The maximum absolute atomic E-state index is 2.57. The van der Waals surface area contributed by atoms with E-state index in [2.05, 4.69) is 24.3 Å². The van der Waals surface area contributed by atoms with Crippen LogP contribution in [-0.4, -0.2) is 0 Å². The lowest BCUT2D eigenvalue weighted by Gasteiger charge is -2.07. The highest BCUT2D eigenvalue weighted by atomic mass is 14.5. The zero-order valence-electron chi connectivity index (χ0n) is 7.09. The lowest BCUT2D eigenvalue weighted by Crippen LogP contribution is -1.92. The highest BCUT2D eigenvalue weighted by Crippen LogP contribution is 2.61. The molecule has 1 spiro atoms. The van der Waals surface area contributed by atoms with Crippen molar-refractivity contribution >= 4 is 0 Å². The van der Waals surface area contributed by atoms with Crippen LogP contribution in [-0.2, 0) is 0 Å². The Morgan fingerprint density at radius 2 is 1.58 bits per heavy atom. The highest BCUT2D eigenvalue weighted by Gasteiger charge is 2.48. The van der Waals surface area contributed by atoms with Gasteiger partial charge in [-0.15, -0.1) is 0 Å². The summed E-state index contributed by atoms with van der Waals surface area (Å²) in [5.74, 6) is 1.61. The van der Waals surface area contributed by atoms with E-state index < -0.39 is 0 Å². The summed E-state index contributed by atoms with van der Waals surface area (Å²) in [4.78, 5) is 0. The Morgan fingerprint density at radius 1 is 1.00 bits per heavy atom. The molecule has 2 saturated carbocycles. The molecule has 2 fully saturated rings. The number of hydrogen-bond donors (Lipinski definition) is 0. The molecule has 2 bridgehead atoms. The van der Waals surface area contributed by atoms with Gasteiger partial charge in [0.25, 0.3) is 0 Å².